The van der Waals surface area contributed by atoms with Crippen LogP contribution < -0.4 is 5.32 Å². The Hall–Kier alpha value is -0.610. The fraction of sp³-hybridized carbons (Fsp3) is 0.933. The Balaban J connectivity index is 4.26. The highest BCUT2D eigenvalue weighted by molar-refractivity contribution is 5.80. The molecule has 0 radical (unpaired) electrons. The molecule has 2 unspecified atom stereocenters. The molecule has 0 saturated heterocycles. The minimum Gasteiger partial charge on any atom is -0.468 e. The lowest BCUT2D eigenvalue weighted by molar-refractivity contribution is -0.149. The Labute approximate surface area is 118 Å². The molecule has 0 amide bonds. The molecule has 4 heteroatoms. The first-order valence-corrected chi connectivity index (χ1v) is 7.45. The summed E-state index contributed by atoms with van der Waals surface area (Å²) in [6, 6.07) is 0. The Morgan fingerprint density at radius 2 is 1.95 bits per heavy atom. The first-order valence-electron chi connectivity index (χ1n) is 7.45. The largest absolute Gasteiger partial charge is 0.468 e. The molecule has 0 aliphatic rings. The minimum atomic E-state index is -0.658. The molecular formula is C15H31NO3. The molecule has 114 valence electrons. The van der Waals surface area contributed by atoms with E-state index in [9.17, 15) is 4.79 Å². The molecule has 0 aromatic rings. The summed E-state index contributed by atoms with van der Waals surface area (Å²) in [5, 5.41) is 3.27. The quantitative estimate of drug-likeness (QED) is 0.464. The zero-order valence-corrected chi connectivity index (χ0v) is 13.3. The van der Waals surface area contributed by atoms with Gasteiger partial charge < -0.3 is 14.8 Å². The number of hydrogen-bond donors (Lipinski definition) is 1. The van der Waals surface area contributed by atoms with Crippen LogP contribution in [0.15, 0.2) is 0 Å². The summed E-state index contributed by atoms with van der Waals surface area (Å²) in [4.78, 5) is 11.9. The lowest BCUT2D eigenvalue weighted by Crippen LogP contribution is -2.52. The fourth-order valence-electron chi connectivity index (χ4n) is 2.12. The van der Waals surface area contributed by atoms with Gasteiger partial charge in [-0.2, -0.15) is 0 Å². The number of methoxy groups -OCH3 is 1. The molecule has 1 N–H and O–H groups in total. The number of hydrogen-bond acceptors (Lipinski definition) is 4. The molecule has 0 rings (SSSR count). The second-order valence-corrected chi connectivity index (χ2v) is 5.34. The molecule has 0 aliphatic heterocycles. The van der Waals surface area contributed by atoms with Crippen LogP contribution in [0.3, 0.4) is 0 Å². The van der Waals surface area contributed by atoms with Gasteiger partial charge in [-0.05, 0) is 33.2 Å². The van der Waals surface area contributed by atoms with E-state index in [1.54, 1.807) is 0 Å². The highest BCUT2D eigenvalue weighted by atomic mass is 16.5. The van der Waals surface area contributed by atoms with Crippen molar-refractivity contribution in [3.8, 4) is 0 Å². The number of carbonyl (C=O) groups is 1. The van der Waals surface area contributed by atoms with Gasteiger partial charge in [0.25, 0.3) is 0 Å². The maximum atomic E-state index is 11.9. The zero-order valence-electron chi connectivity index (χ0n) is 13.3. The summed E-state index contributed by atoms with van der Waals surface area (Å²) >= 11 is 0. The van der Waals surface area contributed by atoms with Crippen LogP contribution in [0, 0.1) is 0 Å². The molecule has 0 bridgehead atoms. The summed E-state index contributed by atoms with van der Waals surface area (Å²) in [6.45, 7) is 9.72. The molecule has 4 nitrogen and oxygen atoms in total. The van der Waals surface area contributed by atoms with Crippen molar-refractivity contribution in [2.24, 2.45) is 0 Å². The third-order valence-electron chi connectivity index (χ3n) is 3.25. The van der Waals surface area contributed by atoms with Crippen molar-refractivity contribution in [1.82, 2.24) is 5.32 Å². The molecule has 19 heavy (non-hydrogen) atoms. The summed E-state index contributed by atoms with van der Waals surface area (Å²) < 4.78 is 10.7. The van der Waals surface area contributed by atoms with Gasteiger partial charge in [0.15, 0.2) is 0 Å². The maximum absolute atomic E-state index is 11.9. The molecular weight excluding hydrogens is 242 g/mol. The van der Waals surface area contributed by atoms with E-state index in [2.05, 4.69) is 19.2 Å². The first kappa shape index (κ1) is 18.4. The van der Waals surface area contributed by atoms with Crippen molar-refractivity contribution in [3.05, 3.63) is 0 Å². The first-order chi connectivity index (χ1) is 9.00. The average Bonchev–Trinajstić information content (AvgIpc) is 2.40. The van der Waals surface area contributed by atoms with E-state index in [-0.39, 0.29) is 12.1 Å². The summed E-state index contributed by atoms with van der Waals surface area (Å²) in [5.74, 6) is -0.218. The van der Waals surface area contributed by atoms with Crippen molar-refractivity contribution in [2.45, 2.75) is 71.4 Å². The van der Waals surface area contributed by atoms with Crippen molar-refractivity contribution < 1.29 is 14.3 Å². The Morgan fingerprint density at radius 1 is 1.26 bits per heavy atom. The van der Waals surface area contributed by atoms with Crippen LogP contribution >= 0.6 is 0 Å². The second-order valence-electron chi connectivity index (χ2n) is 5.34. The number of ether oxygens (including phenoxy) is 2. The molecule has 0 saturated carbocycles. The maximum Gasteiger partial charge on any atom is 0.325 e. The molecule has 2 atom stereocenters. The average molecular weight is 273 g/mol. The molecule has 0 fully saturated rings. The zero-order chi connectivity index (χ0) is 14.7. The third kappa shape index (κ3) is 7.53. The normalized spacial score (nSPS) is 15.8. The van der Waals surface area contributed by atoms with Crippen LogP contribution in [0.25, 0.3) is 0 Å². The van der Waals surface area contributed by atoms with Gasteiger partial charge in [-0.3, -0.25) is 4.79 Å². The molecule has 0 aliphatic carbocycles. The fourth-order valence-corrected chi connectivity index (χ4v) is 2.12. The number of carbonyl (C=O) groups excluding carboxylic acids is 1. The predicted molar refractivity (Wildman–Crippen MR) is 78.3 cm³/mol. The van der Waals surface area contributed by atoms with E-state index in [1.807, 2.05) is 13.8 Å². The summed E-state index contributed by atoms with van der Waals surface area (Å²) in [5.41, 5.74) is -0.658. The highest BCUT2D eigenvalue weighted by Gasteiger charge is 2.35. The van der Waals surface area contributed by atoms with Gasteiger partial charge in [0.2, 0.25) is 0 Å². The highest BCUT2D eigenvalue weighted by Crippen LogP contribution is 2.17. The van der Waals surface area contributed by atoms with Crippen LogP contribution in [0.2, 0.25) is 0 Å². The van der Waals surface area contributed by atoms with Crippen LogP contribution in [-0.2, 0) is 14.3 Å². The minimum absolute atomic E-state index is 0.0466. The Kier molecular flexibility index (Phi) is 9.88. The topological polar surface area (TPSA) is 47.6 Å². The van der Waals surface area contributed by atoms with Crippen LogP contribution in [0.4, 0.5) is 0 Å². The van der Waals surface area contributed by atoms with Gasteiger partial charge in [-0.1, -0.05) is 26.7 Å². The number of unbranched alkanes of at least 4 members (excludes halogenated alkanes) is 2. The van der Waals surface area contributed by atoms with Crippen LogP contribution in [-0.4, -0.2) is 37.9 Å². The van der Waals surface area contributed by atoms with Crippen LogP contribution in [0.5, 0.6) is 0 Å². The van der Waals surface area contributed by atoms with Gasteiger partial charge >= 0.3 is 5.97 Å². The van der Waals surface area contributed by atoms with E-state index < -0.39 is 5.54 Å². The Bertz CT molecular complexity index is 246. The number of rotatable bonds is 11. The molecule has 0 spiro atoms. The van der Waals surface area contributed by atoms with Gasteiger partial charge in [0, 0.05) is 13.0 Å². The van der Waals surface area contributed by atoms with Gasteiger partial charge in [0.05, 0.1) is 13.2 Å². The summed E-state index contributed by atoms with van der Waals surface area (Å²) in [6.07, 6.45) is 5.12. The van der Waals surface area contributed by atoms with Crippen molar-refractivity contribution in [3.63, 3.8) is 0 Å². The standard InChI is InChI=1S/C15H31NO3/c1-6-8-9-11-19-13(3)12-15(4,14(17)18-5)16-10-7-2/h13,16H,6-12H2,1-5H3. The predicted octanol–water partition coefficient (Wildman–Crippen LogP) is 2.90. The monoisotopic (exact) mass is 273 g/mol. The smallest absolute Gasteiger partial charge is 0.325 e. The summed E-state index contributed by atoms with van der Waals surface area (Å²) in [7, 11) is 1.43. The molecule has 0 aromatic carbocycles. The van der Waals surface area contributed by atoms with E-state index in [4.69, 9.17) is 9.47 Å². The van der Waals surface area contributed by atoms with E-state index in [0.717, 1.165) is 26.0 Å². The lowest BCUT2D eigenvalue weighted by atomic mass is 9.94. The Morgan fingerprint density at radius 3 is 2.47 bits per heavy atom. The lowest BCUT2D eigenvalue weighted by Gasteiger charge is -2.30. The van der Waals surface area contributed by atoms with E-state index in [1.165, 1.54) is 20.0 Å². The van der Waals surface area contributed by atoms with E-state index in [0.29, 0.717) is 6.42 Å². The SMILES string of the molecule is CCCCCOC(C)CC(C)(NCCC)C(=O)OC. The number of esters is 1. The van der Waals surface area contributed by atoms with Crippen molar-refractivity contribution in [2.75, 3.05) is 20.3 Å². The van der Waals surface area contributed by atoms with Gasteiger partial charge in [0.1, 0.15) is 5.54 Å². The van der Waals surface area contributed by atoms with Crippen molar-refractivity contribution in [1.29, 1.82) is 0 Å². The number of nitrogens with one attached hydrogen (secondary N) is 1. The van der Waals surface area contributed by atoms with Crippen LogP contribution in [0.1, 0.15) is 59.8 Å². The van der Waals surface area contributed by atoms with Gasteiger partial charge in [-0.15, -0.1) is 0 Å². The van der Waals surface area contributed by atoms with Gasteiger partial charge in [-0.25, -0.2) is 0 Å². The van der Waals surface area contributed by atoms with Crippen molar-refractivity contribution >= 4 is 5.97 Å². The third-order valence-corrected chi connectivity index (χ3v) is 3.25. The molecule has 0 aromatic heterocycles. The van der Waals surface area contributed by atoms with E-state index >= 15 is 0 Å². The molecule has 0 heterocycles. The second kappa shape index (κ2) is 10.2.